The van der Waals surface area contributed by atoms with Crippen LogP contribution in [0.15, 0.2) is 60.7 Å². The van der Waals surface area contributed by atoms with Crippen LogP contribution in [0.2, 0.25) is 0 Å². The Morgan fingerprint density at radius 1 is 1.08 bits per heavy atom. The molecule has 0 spiro atoms. The molecule has 1 heterocycles. The number of carbonyl (C=O) groups excluding carboxylic acids is 1. The molecule has 1 N–H and O–H groups in total. The van der Waals surface area contributed by atoms with Crippen molar-refractivity contribution in [2.75, 3.05) is 18.0 Å². The van der Waals surface area contributed by atoms with E-state index in [2.05, 4.69) is 29.3 Å². The Balaban J connectivity index is 1.53. The SMILES string of the molecule is CC1CC(NC(=O)OCc2ccccc2)CN(c2ccccc2)C1. The number of rotatable bonds is 4. The van der Waals surface area contributed by atoms with Crippen molar-refractivity contribution in [1.82, 2.24) is 5.32 Å². The van der Waals surface area contributed by atoms with Crippen molar-refractivity contribution in [3.63, 3.8) is 0 Å². The van der Waals surface area contributed by atoms with Crippen LogP contribution in [-0.4, -0.2) is 25.2 Å². The van der Waals surface area contributed by atoms with E-state index in [0.29, 0.717) is 12.5 Å². The van der Waals surface area contributed by atoms with Crippen LogP contribution in [0.4, 0.5) is 10.5 Å². The lowest BCUT2D eigenvalue weighted by Crippen LogP contribution is -2.50. The molecule has 1 aliphatic rings. The second-order valence-electron chi connectivity index (χ2n) is 6.48. The van der Waals surface area contributed by atoms with Crippen molar-refractivity contribution < 1.29 is 9.53 Å². The quantitative estimate of drug-likeness (QED) is 0.929. The van der Waals surface area contributed by atoms with Gasteiger partial charge in [-0.2, -0.15) is 0 Å². The fourth-order valence-corrected chi connectivity index (χ4v) is 3.24. The van der Waals surface area contributed by atoms with Gasteiger partial charge in [0.15, 0.2) is 0 Å². The summed E-state index contributed by atoms with van der Waals surface area (Å²) in [6.07, 6.45) is 0.634. The van der Waals surface area contributed by atoms with Gasteiger partial charge in [0.1, 0.15) is 6.61 Å². The molecule has 2 atom stereocenters. The first-order valence-electron chi connectivity index (χ1n) is 8.48. The van der Waals surface area contributed by atoms with E-state index >= 15 is 0 Å². The number of carbonyl (C=O) groups is 1. The van der Waals surface area contributed by atoms with Crippen LogP contribution in [0.3, 0.4) is 0 Å². The Morgan fingerprint density at radius 2 is 1.75 bits per heavy atom. The molecule has 1 aliphatic heterocycles. The third-order valence-electron chi connectivity index (χ3n) is 4.32. The highest BCUT2D eigenvalue weighted by atomic mass is 16.5. The molecule has 126 valence electrons. The summed E-state index contributed by atoms with van der Waals surface area (Å²) in [5, 5.41) is 3.02. The molecule has 0 saturated carbocycles. The first kappa shape index (κ1) is 16.4. The first-order valence-corrected chi connectivity index (χ1v) is 8.48. The van der Waals surface area contributed by atoms with Gasteiger partial charge in [-0.25, -0.2) is 4.79 Å². The van der Waals surface area contributed by atoms with Crippen LogP contribution >= 0.6 is 0 Å². The number of amides is 1. The highest BCUT2D eigenvalue weighted by Gasteiger charge is 2.26. The highest BCUT2D eigenvalue weighted by Crippen LogP contribution is 2.23. The van der Waals surface area contributed by atoms with Crippen molar-refractivity contribution in [2.24, 2.45) is 5.92 Å². The average Bonchev–Trinajstić information content (AvgIpc) is 2.61. The molecule has 3 rings (SSSR count). The number of ether oxygens (including phenoxy) is 1. The topological polar surface area (TPSA) is 41.6 Å². The van der Waals surface area contributed by atoms with Gasteiger partial charge in [0.05, 0.1) is 0 Å². The number of nitrogens with one attached hydrogen (secondary N) is 1. The summed E-state index contributed by atoms with van der Waals surface area (Å²) in [6, 6.07) is 20.2. The largest absolute Gasteiger partial charge is 0.445 e. The minimum absolute atomic E-state index is 0.109. The molecule has 0 radical (unpaired) electrons. The zero-order valence-electron chi connectivity index (χ0n) is 14.0. The number of hydrogen-bond donors (Lipinski definition) is 1. The zero-order chi connectivity index (χ0) is 16.8. The molecule has 4 heteroatoms. The monoisotopic (exact) mass is 324 g/mol. The Kier molecular flexibility index (Phi) is 5.36. The van der Waals surface area contributed by atoms with E-state index in [-0.39, 0.29) is 12.1 Å². The van der Waals surface area contributed by atoms with E-state index in [9.17, 15) is 4.79 Å². The summed E-state index contributed by atoms with van der Waals surface area (Å²) in [5.41, 5.74) is 2.20. The Bertz CT molecular complexity index is 645. The molecular weight excluding hydrogens is 300 g/mol. The Labute approximate surface area is 143 Å². The third kappa shape index (κ3) is 4.51. The van der Waals surface area contributed by atoms with Crippen molar-refractivity contribution in [2.45, 2.75) is 26.0 Å². The van der Waals surface area contributed by atoms with Crippen molar-refractivity contribution >= 4 is 11.8 Å². The maximum atomic E-state index is 12.1. The van der Waals surface area contributed by atoms with Crippen molar-refractivity contribution in [3.8, 4) is 0 Å². The van der Waals surface area contributed by atoms with E-state index in [0.717, 1.165) is 25.1 Å². The smallest absolute Gasteiger partial charge is 0.407 e. The maximum absolute atomic E-state index is 12.1. The fourth-order valence-electron chi connectivity index (χ4n) is 3.24. The molecule has 1 saturated heterocycles. The molecule has 2 aromatic carbocycles. The van der Waals surface area contributed by atoms with Gasteiger partial charge < -0.3 is 15.0 Å². The zero-order valence-corrected chi connectivity index (χ0v) is 14.0. The lowest BCUT2D eigenvalue weighted by atomic mass is 9.95. The van der Waals surface area contributed by atoms with Gasteiger partial charge in [-0.1, -0.05) is 55.5 Å². The Hall–Kier alpha value is -2.49. The minimum atomic E-state index is -0.342. The lowest BCUT2D eigenvalue weighted by Gasteiger charge is -2.38. The second kappa shape index (κ2) is 7.86. The molecular formula is C20H24N2O2. The molecule has 4 nitrogen and oxygen atoms in total. The summed E-state index contributed by atoms with van der Waals surface area (Å²) < 4.78 is 5.34. The second-order valence-corrected chi connectivity index (χ2v) is 6.48. The molecule has 0 aliphatic carbocycles. The molecule has 2 aromatic rings. The molecule has 24 heavy (non-hydrogen) atoms. The number of alkyl carbamates (subject to hydrolysis) is 1. The van der Waals surface area contributed by atoms with E-state index in [1.165, 1.54) is 5.69 Å². The van der Waals surface area contributed by atoms with Gasteiger partial charge in [-0.05, 0) is 30.0 Å². The summed E-state index contributed by atoms with van der Waals surface area (Å²) >= 11 is 0. The van der Waals surface area contributed by atoms with Crippen molar-refractivity contribution in [1.29, 1.82) is 0 Å². The summed E-state index contributed by atoms with van der Waals surface area (Å²) in [4.78, 5) is 14.4. The Morgan fingerprint density at radius 3 is 2.46 bits per heavy atom. The number of piperidine rings is 1. The standard InChI is InChI=1S/C20H24N2O2/c1-16-12-18(14-22(13-16)19-10-6-3-7-11-19)21-20(23)24-15-17-8-4-2-5-9-17/h2-11,16,18H,12-15H2,1H3,(H,21,23). The van der Waals surface area contributed by atoms with Crippen LogP contribution in [0.1, 0.15) is 18.9 Å². The number of benzene rings is 2. The van der Waals surface area contributed by atoms with E-state index in [1.54, 1.807) is 0 Å². The predicted octanol–water partition coefficient (Wildman–Crippen LogP) is 3.83. The first-order chi connectivity index (χ1) is 11.7. The molecule has 0 bridgehead atoms. The average molecular weight is 324 g/mol. The summed E-state index contributed by atoms with van der Waals surface area (Å²) in [6.45, 7) is 4.35. The molecule has 1 amide bonds. The van der Waals surface area contributed by atoms with E-state index < -0.39 is 0 Å². The summed E-state index contributed by atoms with van der Waals surface area (Å²) in [7, 11) is 0. The van der Waals surface area contributed by atoms with E-state index in [4.69, 9.17) is 4.74 Å². The van der Waals surface area contributed by atoms with Crippen LogP contribution < -0.4 is 10.2 Å². The fraction of sp³-hybridized carbons (Fsp3) is 0.350. The van der Waals surface area contributed by atoms with Gasteiger partial charge in [0.25, 0.3) is 0 Å². The van der Waals surface area contributed by atoms with Gasteiger partial charge >= 0.3 is 6.09 Å². The van der Waals surface area contributed by atoms with Gasteiger partial charge in [0.2, 0.25) is 0 Å². The van der Waals surface area contributed by atoms with Crippen LogP contribution in [0, 0.1) is 5.92 Å². The van der Waals surface area contributed by atoms with Gasteiger partial charge in [0, 0.05) is 24.8 Å². The maximum Gasteiger partial charge on any atom is 0.407 e. The lowest BCUT2D eigenvalue weighted by molar-refractivity contribution is 0.133. The number of hydrogen-bond acceptors (Lipinski definition) is 3. The van der Waals surface area contributed by atoms with Gasteiger partial charge in [-0.15, -0.1) is 0 Å². The van der Waals surface area contributed by atoms with E-state index in [1.807, 2.05) is 48.5 Å². The number of nitrogens with zero attached hydrogens (tertiary/aromatic N) is 1. The van der Waals surface area contributed by atoms with Crippen LogP contribution in [0.25, 0.3) is 0 Å². The predicted molar refractivity (Wildman–Crippen MR) is 96.0 cm³/mol. The van der Waals surface area contributed by atoms with Crippen molar-refractivity contribution in [3.05, 3.63) is 66.2 Å². The van der Waals surface area contributed by atoms with Gasteiger partial charge in [-0.3, -0.25) is 0 Å². The van der Waals surface area contributed by atoms with Crippen LogP contribution in [-0.2, 0) is 11.3 Å². The summed E-state index contributed by atoms with van der Waals surface area (Å²) in [5.74, 6) is 0.526. The highest BCUT2D eigenvalue weighted by molar-refractivity contribution is 5.67. The number of para-hydroxylation sites is 1. The molecule has 2 unspecified atom stereocenters. The minimum Gasteiger partial charge on any atom is -0.445 e. The molecule has 1 fully saturated rings. The normalized spacial score (nSPS) is 20.5. The molecule has 0 aromatic heterocycles. The number of anilines is 1. The third-order valence-corrected chi connectivity index (χ3v) is 4.32. The van der Waals surface area contributed by atoms with Crippen LogP contribution in [0.5, 0.6) is 0 Å².